The third kappa shape index (κ3) is 3.06. The van der Waals surface area contributed by atoms with Crippen LogP contribution < -0.4 is 10.6 Å². The van der Waals surface area contributed by atoms with Crippen molar-refractivity contribution in [1.82, 2.24) is 9.88 Å². The van der Waals surface area contributed by atoms with E-state index >= 15 is 0 Å². The lowest BCUT2D eigenvalue weighted by Gasteiger charge is -2.24. The van der Waals surface area contributed by atoms with Gasteiger partial charge in [0, 0.05) is 26.7 Å². The molecule has 1 aromatic heterocycles. The monoisotopic (exact) mass is 296 g/mol. The van der Waals surface area contributed by atoms with Gasteiger partial charge in [0.1, 0.15) is 10.7 Å². The summed E-state index contributed by atoms with van der Waals surface area (Å²) in [6.45, 7) is 5.14. The second-order valence-corrected chi connectivity index (χ2v) is 6.60. The molecule has 2 N–H and O–H groups in total. The second-order valence-electron chi connectivity index (χ2n) is 5.63. The first kappa shape index (κ1) is 15.1. The molecule has 1 aliphatic rings. The Morgan fingerprint density at radius 2 is 2.15 bits per heavy atom. The molecule has 0 aliphatic heterocycles. The van der Waals surface area contributed by atoms with Gasteiger partial charge in [0.15, 0.2) is 5.13 Å². The molecule has 1 aromatic rings. The molecule has 1 atom stereocenters. The van der Waals surface area contributed by atoms with E-state index in [1.807, 2.05) is 23.9 Å². The van der Waals surface area contributed by atoms with Crippen LogP contribution >= 0.6 is 11.3 Å². The molecule has 0 bridgehead atoms. The number of hydrogen-bond donors (Lipinski definition) is 1. The van der Waals surface area contributed by atoms with Gasteiger partial charge in [-0.25, -0.2) is 4.98 Å². The SMILES string of the molecule is CCCN(C)c1nc(N)c(C(=O)N(C)C(C)C2CC2)s1. The molecule has 0 radical (unpaired) electrons. The Hall–Kier alpha value is -1.30. The van der Waals surface area contributed by atoms with Crippen LogP contribution in [0.2, 0.25) is 0 Å². The number of aromatic nitrogens is 1. The lowest BCUT2D eigenvalue weighted by atomic mass is 10.2. The van der Waals surface area contributed by atoms with Gasteiger partial charge < -0.3 is 15.5 Å². The van der Waals surface area contributed by atoms with Crippen LogP contribution in [0, 0.1) is 5.92 Å². The highest BCUT2D eigenvalue weighted by Crippen LogP contribution is 2.36. The Morgan fingerprint density at radius 3 is 2.70 bits per heavy atom. The van der Waals surface area contributed by atoms with Crippen LogP contribution in [0.25, 0.3) is 0 Å². The number of thiazole rings is 1. The van der Waals surface area contributed by atoms with Crippen LogP contribution in [0.15, 0.2) is 0 Å². The number of hydrogen-bond acceptors (Lipinski definition) is 5. The summed E-state index contributed by atoms with van der Waals surface area (Å²) >= 11 is 1.39. The number of carbonyl (C=O) groups excluding carboxylic acids is 1. The van der Waals surface area contributed by atoms with Crippen molar-refractivity contribution in [3.8, 4) is 0 Å². The van der Waals surface area contributed by atoms with Crippen LogP contribution in [0.5, 0.6) is 0 Å². The lowest BCUT2D eigenvalue weighted by Crippen LogP contribution is -2.36. The molecule has 1 amide bonds. The molecule has 1 saturated carbocycles. The minimum absolute atomic E-state index is 0.00412. The lowest BCUT2D eigenvalue weighted by molar-refractivity contribution is 0.0733. The van der Waals surface area contributed by atoms with Gasteiger partial charge in [0.05, 0.1) is 0 Å². The highest BCUT2D eigenvalue weighted by molar-refractivity contribution is 7.18. The first-order valence-corrected chi connectivity index (χ1v) is 8.02. The zero-order valence-corrected chi connectivity index (χ0v) is 13.5. The Bertz CT molecular complexity index is 484. The number of anilines is 2. The van der Waals surface area contributed by atoms with Crippen molar-refractivity contribution in [1.29, 1.82) is 0 Å². The van der Waals surface area contributed by atoms with Gasteiger partial charge in [0.25, 0.3) is 5.91 Å². The minimum Gasteiger partial charge on any atom is -0.382 e. The largest absolute Gasteiger partial charge is 0.382 e. The van der Waals surface area contributed by atoms with E-state index in [1.165, 1.54) is 24.2 Å². The van der Waals surface area contributed by atoms with E-state index in [0.29, 0.717) is 16.6 Å². The summed E-state index contributed by atoms with van der Waals surface area (Å²) in [5.74, 6) is 1.00. The van der Waals surface area contributed by atoms with Crippen LogP contribution in [0.3, 0.4) is 0 Å². The summed E-state index contributed by atoms with van der Waals surface area (Å²) in [7, 11) is 3.84. The Labute approximate surface area is 124 Å². The van der Waals surface area contributed by atoms with E-state index in [-0.39, 0.29) is 11.9 Å². The van der Waals surface area contributed by atoms with E-state index in [4.69, 9.17) is 5.73 Å². The van der Waals surface area contributed by atoms with E-state index in [0.717, 1.165) is 18.1 Å². The number of amides is 1. The van der Waals surface area contributed by atoms with E-state index in [2.05, 4.69) is 18.8 Å². The molecule has 1 aliphatic carbocycles. The van der Waals surface area contributed by atoms with Crippen LogP contribution in [0.4, 0.5) is 10.9 Å². The molecule has 20 heavy (non-hydrogen) atoms. The van der Waals surface area contributed by atoms with Gasteiger partial charge in [-0.05, 0) is 32.1 Å². The molecular weight excluding hydrogens is 272 g/mol. The quantitative estimate of drug-likeness (QED) is 0.876. The van der Waals surface area contributed by atoms with Crippen molar-refractivity contribution in [3.63, 3.8) is 0 Å². The zero-order chi connectivity index (χ0) is 14.9. The summed E-state index contributed by atoms with van der Waals surface area (Å²) in [4.78, 5) is 21.3. The van der Waals surface area contributed by atoms with Crippen molar-refractivity contribution in [2.75, 3.05) is 31.3 Å². The summed E-state index contributed by atoms with van der Waals surface area (Å²) in [5, 5.41) is 0.820. The topological polar surface area (TPSA) is 62.5 Å². The van der Waals surface area contributed by atoms with Crippen molar-refractivity contribution in [3.05, 3.63) is 4.88 Å². The average molecular weight is 296 g/mol. The van der Waals surface area contributed by atoms with Crippen LogP contribution in [0.1, 0.15) is 42.8 Å². The molecule has 112 valence electrons. The number of carbonyl (C=O) groups is 1. The molecule has 0 spiro atoms. The molecule has 1 heterocycles. The maximum Gasteiger partial charge on any atom is 0.267 e. The fraction of sp³-hybridized carbons (Fsp3) is 0.714. The second kappa shape index (κ2) is 5.99. The first-order chi connectivity index (χ1) is 9.45. The van der Waals surface area contributed by atoms with Gasteiger partial charge in [-0.2, -0.15) is 0 Å². The van der Waals surface area contributed by atoms with E-state index < -0.39 is 0 Å². The Kier molecular flexibility index (Phi) is 4.52. The van der Waals surface area contributed by atoms with Crippen molar-refractivity contribution in [2.45, 2.75) is 39.2 Å². The maximum atomic E-state index is 12.5. The molecule has 6 heteroatoms. The molecule has 2 rings (SSSR count). The van der Waals surface area contributed by atoms with Gasteiger partial charge in [-0.3, -0.25) is 4.79 Å². The first-order valence-electron chi connectivity index (χ1n) is 7.20. The number of nitrogens with two attached hydrogens (primary N) is 1. The number of nitrogens with zero attached hydrogens (tertiary/aromatic N) is 3. The van der Waals surface area contributed by atoms with E-state index in [9.17, 15) is 4.79 Å². The highest BCUT2D eigenvalue weighted by Gasteiger charge is 2.34. The zero-order valence-electron chi connectivity index (χ0n) is 12.7. The molecular formula is C14H24N4OS. The number of rotatable bonds is 6. The Balaban J connectivity index is 2.13. The molecule has 1 fully saturated rings. The standard InChI is InChI=1S/C14H24N4OS/c1-5-8-17(3)14-16-12(15)11(20-14)13(19)18(4)9(2)10-6-7-10/h9-10H,5-8,15H2,1-4H3. The smallest absolute Gasteiger partial charge is 0.267 e. The Morgan fingerprint density at radius 1 is 1.50 bits per heavy atom. The normalized spacial score (nSPS) is 16.0. The number of nitrogen functional groups attached to an aromatic ring is 1. The highest BCUT2D eigenvalue weighted by atomic mass is 32.1. The van der Waals surface area contributed by atoms with E-state index in [1.54, 1.807) is 0 Å². The average Bonchev–Trinajstić information content (AvgIpc) is 3.19. The molecule has 1 unspecified atom stereocenters. The third-order valence-electron chi connectivity index (χ3n) is 3.96. The maximum absolute atomic E-state index is 12.5. The summed E-state index contributed by atoms with van der Waals surface area (Å²) < 4.78 is 0. The van der Waals surface area contributed by atoms with Crippen molar-refractivity contribution >= 4 is 28.2 Å². The fourth-order valence-corrected chi connectivity index (χ4v) is 3.26. The third-order valence-corrected chi connectivity index (χ3v) is 5.13. The van der Waals surface area contributed by atoms with Gasteiger partial charge in [0.2, 0.25) is 0 Å². The molecule has 0 saturated heterocycles. The summed E-state index contributed by atoms with van der Waals surface area (Å²) in [5.41, 5.74) is 5.93. The van der Waals surface area contributed by atoms with Gasteiger partial charge in [-0.15, -0.1) is 0 Å². The molecule has 5 nitrogen and oxygen atoms in total. The molecule has 0 aromatic carbocycles. The predicted molar refractivity (Wildman–Crippen MR) is 84.4 cm³/mol. The van der Waals surface area contributed by atoms with Crippen molar-refractivity contribution < 1.29 is 4.79 Å². The summed E-state index contributed by atoms with van der Waals surface area (Å²) in [6, 6.07) is 0.279. The fourth-order valence-electron chi connectivity index (χ4n) is 2.31. The van der Waals surface area contributed by atoms with Crippen LogP contribution in [-0.4, -0.2) is 42.5 Å². The minimum atomic E-state index is -0.00412. The van der Waals surface area contributed by atoms with Gasteiger partial charge in [-0.1, -0.05) is 18.3 Å². The predicted octanol–water partition coefficient (Wildman–Crippen LogP) is 2.44. The van der Waals surface area contributed by atoms with Crippen LogP contribution in [-0.2, 0) is 0 Å². The summed E-state index contributed by atoms with van der Waals surface area (Å²) in [6.07, 6.45) is 3.49. The van der Waals surface area contributed by atoms with Crippen molar-refractivity contribution in [2.24, 2.45) is 5.92 Å². The van der Waals surface area contributed by atoms with Gasteiger partial charge >= 0.3 is 0 Å².